The maximum Gasteiger partial charge on any atom is 0.331 e. The van der Waals surface area contributed by atoms with Gasteiger partial charge >= 0.3 is 5.97 Å². The molecule has 31 heavy (non-hydrogen) atoms. The summed E-state index contributed by atoms with van der Waals surface area (Å²) in [5, 5.41) is 2.65. The van der Waals surface area contributed by atoms with E-state index >= 15 is 0 Å². The first kappa shape index (κ1) is 22.3. The zero-order valence-corrected chi connectivity index (χ0v) is 18.1. The molecule has 1 unspecified atom stereocenters. The van der Waals surface area contributed by atoms with Crippen LogP contribution in [0.1, 0.15) is 26.3 Å². The van der Waals surface area contributed by atoms with Crippen LogP contribution in [0.15, 0.2) is 58.4 Å². The molecule has 0 fully saturated rings. The third kappa shape index (κ3) is 5.21. The number of esters is 1. The zero-order valence-electron chi connectivity index (χ0n) is 17.3. The number of aliphatic imine (C=N–C) groups is 1. The summed E-state index contributed by atoms with van der Waals surface area (Å²) in [6.07, 6.45) is -1.07. The smallest absolute Gasteiger partial charge is 0.331 e. The first-order chi connectivity index (χ1) is 14.7. The molecular weight excluding hydrogens is 422 g/mol. The van der Waals surface area contributed by atoms with E-state index < -0.39 is 34.0 Å². The summed E-state index contributed by atoms with van der Waals surface area (Å²) in [4.78, 5) is 28.9. The molecule has 0 bridgehead atoms. The van der Waals surface area contributed by atoms with Crippen LogP contribution in [-0.2, 0) is 24.3 Å². The molecule has 164 valence electrons. The fourth-order valence-corrected chi connectivity index (χ4v) is 4.09. The average Bonchev–Trinajstić information content (AvgIpc) is 2.99. The van der Waals surface area contributed by atoms with Crippen molar-refractivity contribution in [1.29, 1.82) is 0 Å². The van der Waals surface area contributed by atoms with E-state index in [2.05, 4.69) is 15.0 Å². The van der Waals surface area contributed by atoms with Crippen LogP contribution in [0.4, 0.5) is 5.69 Å². The van der Waals surface area contributed by atoms with E-state index in [-0.39, 0.29) is 10.7 Å². The molecule has 0 spiro atoms. The lowest BCUT2D eigenvalue weighted by Gasteiger charge is -2.15. The van der Waals surface area contributed by atoms with Crippen molar-refractivity contribution in [3.63, 3.8) is 0 Å². The van der Waals surface area contributed by atoms with Gasteiger partial charge in [0.25, 0.3) is 15.9 Å². The summed E-state index contributed by atoms with van der Waals surface area (Å²) in [6, 6.07) is 12.1. The molecule has 0 saturated heterocycles. The van der Waals surface area contributed by atoms with Crippen molar-refractivity contribution in [1.82, 2.24) is 4.72 Å². The minimum absolute atomic E-state index is 0.0616. The summed E-state index contributed by atoms with van der Waals surface area (Å²) in [7, 11) is -3.71. The third-order valence-corrected chi connectivity index (χ3v) is 5.82. The molecule has 1 aliphatic heterocycles. The topological polar surface area (TPSA) is 123 Å². The standard InChI is InChI=1S/C21H23N3O6S/c1-4-29-16-11-9-15(10-12-16)23-20(25)14(3)30-21(26)13(2)22-19-17-7-5-6-8-18(17)31(27,28)24-19/h5-14H,4H2,1-3H3,(H,22,24)(H,23,25)/t13-,14?/m0/s1. The minimum Gasteiger partial charge on any atom is -0.494 e. The van der Waals surface area contributed by atoms with Gasteiger partial charge in [0, 0.05) is 11.3 Å². The van der Waals surface area contributed by atoms with Crippen molar-refractivity contribution >= 4 is 33.4 Å². The fraction of sp³-hybridized carbons (Fsp3) is 0.286. The van der Waals surface area contributed by atoms with E-state index in [1.165, 1.54) is 19.9 Å². The lowest BCUT2D eigenvalue weighted by Crippen LogP contribution is -2.33. The number of nitrogens with zero attached hydrogens (tertiary/aromatic N) is 1. The summed E-state index contributed by atoms with van der Waals surface area (Å²) in [5.41, 5.74) is 0.907. The number of fused-ring (bicyclic) bond motifs is 1. The Hall–Kier alpha value is -3.40. The SMILES string of the molecule is CCOc1ccc(NC(=O)C(C)OC(=O)[C@H](C)N=C2NS(=O)(=O)c3ccccc32)cc1. The second-order valence-corrected chi connectivity index (χ2v) is 8.43. The maximum atomic E-state index is 12.4. The highest BCUT2D eigenvalue weighted by molar-refractivity contribution is 7.90. The van der Waals surface area contributed by atoms with Crippen LogP contribution in [0.25, 0.3) is 0 Å². The Morgan fingerprint density at radius 2 is 1.77 bits per heavy atom. The van der Waals surface area contributed by atoms with Crippen molar-refractivity contribution in [2.45, 2.75) is 37.8 Å². The number of carbonyl (C=O) groups excluding carboxylic acids is 2. The molecule has 1 heterocycles. The Labute approximate surface area is 180 Å². The summed E-state index contributed by atoms with van der Waals surface area (Å²) in [6.45, 7) is 5.31. The molecule has 2 N–H and O–H groups in total. The number of sulfonamides is 1. The lowest BCUT2D eigenvalue weighted by molar-refractivity contribution is -0.153. The zero-order chi connectivity index (χ0) is 22.6. The van der Waals surface area contributed by atoms with Gasteiger partial charge in [-0.3, -0.25) is 14.5 Å². The third-order valence-electron chi connectivity index (χ3n) is 4.42. The number of hydrogen-bond donors (Lipinski definition) is 2. The van der Waals surface area contributed by atoms with Gasteiger partial charge in [-0.2, -0.15) is 0 Å². The van der Waals surface area contributed by atoms with Gasteiger partial charge in [-0.05, 0) is 57.2 Å². The maximum absolute atomic E-state index is 12.4. The molecule has 2 aromatic rings. The highest BCUT2D eigenvalue weighted by atomic mass is 32.2. The number of hydrogen-bond acceptors (Lipinski definition) is 7. The second-order valence-electron chi connectivity index (χ2n) is 6.78. The van der Waals surface area contributed by atoms with E-state index in [1.54, 1.807) is 42.5 Å². The van der Waals surface area contributed by atoms with Gasteiger partial charge < -0.3 is 14.8 Å². The molecule has 2 aromatic carbocycles. The predicted molar refractivity (Wildman–Crippen MR) is 115 cm³/mol. The van der Waals surface area contributed by atoms with Crippen molar-refractivity contribution in [3.8, 4) is 5.75 Å². The van der Waals surface area contributed by atoms with Crippen LogP contribution in [0, 0.1) is 0 Å². The van der Waals surface area contributed by atoms with Gasteiger partial charge in [0.15, 0.2) is 6.10 Å². The summed E-state index contributed by atoms with van der Waals surface area (Å²) >= 11 is 0. The molecular formula is C21H23N3O6S. The van der Waals surface area contributed by atoms with Crippen LogP contribution in [0.2, 0.25) is 0 Å². The van der Waals surface area contributed by atoms with Crippen LogP contribution < -0.4 is 14.8 Å². The number of carbonyl (C=O) groups is 2. The normalized spacial score (nSPS) is 17.2. The van der Waals surface area contributed by atoms with Crippen LogP contribution in [0.5, 0.6) is 5.75 Å². The van der Waals surface area contributed by atoms with Crippen molar-refractivity contribution < 1.29 is 27.5 Å². The van der Waals surface area contributed by atoms with Gasteiger partial charge in [0.1, 0.15) is 17.6 Å². The van der Waals surface area contributed by atoms with Gasteiger partial charge in [-0.1, -0.05) is 12.1 Å². The van der Waals surface area contributed by atoms with E-state index in [9.17, 15) is 18.0 Å². The number of rotatable bonds is 7. The Morgan fingerprint density at radius 3 is 2.45 bits per heavy atom. The van der Waals surface area contributed by atoms with Gasteiger partial charge in [0.2, 0.25) is 0 Å². The van der Waals surface area contributed by atoms with Gasteiger partial charge in [0.05, 0.1) is 11.5 Å². The van der Waals surface area contributed by atoms with Crippen molar-refractivity contribution in [2.24, 2.45) is 4.99 Å². The largest absolute Gasteiger partial charge is 0.494 e. The Morgan fingerprint density at radius 1 is 1.10 bits per heavy atom. The molecule has 10 heteroatoms. The summed E-state index contributed by atoms with van der Waals surface area (Å²) < 4.78 is 37.2. The Kier molecular flexibility index (Phi) is 6.59. The average molecular weight is 445 g/mol. The van der Waals surface area contributed by atoms with Crippen LogP contribution in [-0.4, -0.2) is 44.9 Å². The van der Waals surface area contributed by atoms with E-state index in [0.717, 1.165) is 0 Å². The monoisotopic (exact) mass is 445 g/mol. The van der Waals surface area contributed by atoms with Crippen LogP contribution in [0.3, 0.4) is 0 Å². The van der Waals surface area contributed by atoms with E-state index in [0.29, 0.717) is 23.6 Å². The molecule has 1 amide bonds. The number of nitrogens with one attached hydrogen (secondary N) is 2. The Balaban J connectivity index is 1.61. The number of amidine groups is 1. The minimum atomic E-state index is -3.71. The Bertz CT molecular complexity index is 1110. The molecule has 9 nitrogen and oxygen atoms in total. The van der Waals surface area contributed by atoms with E-state index in [4.69, 9.17) is 9.47 Å². The quantitative estimate of drug-likeness (QED) is 0.629. The van der Waals surface area contributed by atoms with E-state index in [1.807, 2.05) is 6.92 Å². The molecule has 0 aliphatic carbocycles. The second kappa shape index (κ2) is 9.17. The number of benzene rings is 2. The molecule has 0 radical (unpaired) electrons. The molecule has 1 aliphatic rings. The van der Waals surface area contributed by atoms with Crippen molar-refractivity contribution in [3.05, 3.63) is 54.1 Å². The molecule has 0 aromatic heterocycles. The lowest BCUT2D eigenvalue weighted by atomic mass is 10.2. The van der Waals surface area contributed by atoms with Gasteiger partial charge in [-0.25, -0.2) is 13.2 Å². The number of amides is 1. The predicted octanol–water partition coefficient (Wildman–Crippen LogP) is 2.08. The van der Waals surface area contributed by atoms with Crippen molar-refractivity contribution in [2.75, 3.05) is 11.9 Å². The molecule has 0 saturated carbocycles. The first-order valence-corrected chi connectivity index (χ1v) is 11.1. The molecule has 3 rings (SSSR count). The number of ether oxygens (including phenoxy) is 2. The molecule has 2 atom stereocenters. The number of anilines is 1. The summed E-state index contributed by atoms with van der Waals surface area (Å²) in [5.74, 6) is -0.529. The van der Waals surface area contributed by atoms with Crippen LogP contribution >= 0.6 is 0 Å². The highest BCUT2D eigenvalue weighted by Crippen LogP contribution is 2.22. The first-order valence-electron chi connectivity index (χ1n) is 9.65. The fourth-order valence-electron chi connectivity index (χ4n) is 2.85. The van der Waals surface area contributed by atoms with Gasteiger partial charge in [-0.15, -0.1) is 0 Å². The highest BCUT2D eigenvalue weighted by Gasteiger charge is 2.31.